The summed E-state index contributed by atoms with van der Waals surface area (Å²) in [5.74, 6) is 0.738. The number of anilines is 1. The maximum atomic E-state index is 13.3. The summed E-state index contributed by atoms with van der Waals surface area (Å²) >= 11 is 1.33. The van der Waals surface area contributed by atoms with E-state index in [2.05, 4.69) is 47.2 Å². The quantitative estimate of drug-likeness (QED) is 0.317. The van der Waals surface area contributed by atoms with Crippen LogP contribution in [0.4, 0.5) is 5.69 Å². The van der Waals surface area contributed by atoms with Gasteiger partial charge in [0, 0.05) is 30.2 Å². The Balaban J connectivity index is 1.65. The third kappa shape index (κ3) is 5.58. The molecule has 0 aliphatic heterocycles. The predicted molar refractivity (Wildman–Crippen MR) is 139 cm³/mol. The van der Waals surface area contributed by atoms with Crippen molar-refractivity contribution in [1.82, 2.24) is 19.7 Å². The number of nitriles is 1. The number of pyridine rings is 1. The smallest absolute Gasteiger partial charge is 0.237 e. The van der Waals surface area contributed by atoms with Crippen molar-refractivity contribution in [1.29, 1.82) is 5.26 Å². The lowest BCUT2D eigenvalue weighted by atomic mass is 10.1. The number of aromatic nitrogens is 4. The summed E-state index contributed by atoms with van der Waals surface area (Å²) in [6, 6.07) is 19.9. The Morgan fingerprint density at radius 1 is 1.06 bits per heavy atom. The lowest BCUT2D eigenvalue weighted by Crippen LogP contribution is -2.33. The van der Waals surface area contributed by atoms with E-state index in [1.807, 2.05) is 54.0 Å². The number of carbonyl (C=O) groups excluding carboxylic acids is 1. The molecule has 2 aromatic heterocycles. The number of hydrogen-bond donors (Lipinski definition) is 0. The Hall–Kier alpha value is -3.96. The van der Waals surface area contributed by atoms with Crippen molar-refractivity contribution in [2.45, 2.75) is 32.3 Å². The zero-order valence-electron chi connectivity index (χ0n) is 20.0. The molecule has 1 amide bonds. The van der Waals surface area contributed by atoms with Crippen LogP contribution in [0.5, 0.6) is 0 Å². The highest BCUT2D eigenvalue weighted by atomic mass is 32.2. The van der Waals surface area contributed by atoms with Gasteiger partial charge in [-0.3, -0.25) is 14.3 Å². The fraction of sp³-hybridized carbons (Fsp3) is 0.222. The van der Waals surface area contributed by atoms with Crippen LogP contribution in [-0.2, 0) is 4.79 Å². The number of thioether (sulfide) groups is 1. The number of benzene rings is 2. The molecule has 2 heterocycles. The van der Waals surface area contributed by atoms with Crippen LogP contribution in [0.15, 0.2) is 72.1 Å². The monoisotopic (exact) mass is 482 g/mol. The van der Waals surface area contributed by atoms with Gasteiger partial charge in [-0.15, -0.1) is 10.2 Å². The van der Waals surface area contributed by atoms with Crippen LogP contribution in [0.25, 0.3) is 17.1 Å². The molecule has 2 aromatic carbocycles. The van der Waals surface area contributed by atoms with Gasteiger partial charge in [0.05, 0.1) is 23.9 Å². The number of carbonyl (C=O) groups is 1. The Bertz CT molecular complexity index is 1360. The third-order valence-corrected chi connectivity index (χ3v) is 6.48. The van der Waals surface area contributed by atoms with Crippen molar-refractivity contribution in [3.8, 4) is 23.1 Å². The minimum Gasteiger partial charge on any atom is -0.311 e. The predicted octanol–water partition coefficient (Wildman–Crippen LogP) is 5.29. The van der Waals surface area contributed by atoms with E-state index in [-0.39, 0.29) is 18.1 Å². The van der Waals surface area contributed by atoms with Gasteiger partial charge < -0.3 is 4.90 Å². The first-order chi connectivity index (χ1) is 17.0. The zero-order chi connectivity index (χ0) is 24.8. The SMILES string of the molecule is Cc1ccc(N(CCC#N)C(=O)CSc2nnc(-c3cccnc3)n2-c2ccc(C)cc2C)cc1. The standard InChI is InChI=1S/C27H26N6OS/c1-19-7-10-23(11-8-19)32(15-5-13-28)25(34)18-35-27-31-30-26(22-6-4-14-29-17-22)33(27)24-12-9-20(2)16-21(24)3/h4,6-12,14,16-17H,5,15,18H2,1-3H3. The molecule has 0 saturated heterocycles. The fourth-order valence-corrected chi connectivity index (χ4v) is 4.63. The Morgan fingerprint density at radius 3 is 2.51 bits per heavy atom. The zero-order valence-corrected chi connectivity index (χ0v) is 20.8. The van der Waals surface area contributed by atoms with Crippen molar-refractivity contribution >= 4 is 23.4 Å². The number of hydrogen-bond acceptors (Lipinski definition) is 6. The number of aryl methyl sites for hydroxylation is 3. The van der Waals surface area contributed by atoms with Gasteiger partial charge in [-0.05, 0) is 56.7 Å². The Kier molecular flexibility index (Phi) is 7.58. The average molecular weight is 483 g/mol. The van der Waals surface area contributed by atoms with Crippen LogP contribution in [0, 0.1) is 32.1 Å². The molecule has 4 aromatic rings. The van der Waals surface area contributed by atoms with Gasteiger partial charge in [0.15, 0.2) is 11.0 Å². The van der Waals surface area contributed by atoms with Crippen molar-refractivity contribution in [2.24, 2.45) is 0 Å². The maximum absolute atomic E-state index is 13.3. The van der Waals surface area contributed by atoms with Crippen molar-refractivity contribution in [3.63, 3.8) is 0 Å². The Morgan fingerprint density at radius 2 is 1.83 bits per heavy atom. The summed E-state index contributed by atoms with van der Waals surface area (Å²) in [6.45, 7) is 6.45. The average Bonchev–Trinajstić information content (AvgIpc) is 3.28. The third-order valence-electron chi connectivity index (χ3n) is 5.56. The molecule has 0 bridgehead atoms. The molecule has 4 rings (SSSR count). The van der Waals surface area contributed by atoms with Crippen LogP contribution < -0.4 is 4.90 Å². The van der Waals surface area contributed by atoms with Gasteiger partial charge >= 0.3 is 0 Å². The fourth-order valence-electron chi connectivity index (χ4n) is 3.81. The molecular weight excluding hydrogens is 456 g/mol. The van der Waals surface area contributed by atoms with E-state index in [0.717, 1.165) is 33.6 Å². The van der Waals surface area contributed by atoms with E-state index in [1.165, 1.54) is 11.8 Å². The highest BCUT2D eigenvalue weighted by Gasteiger charge is 2.21. The van der Waals surface area contributed by atoms with Gasteiger partial charge in [-0.25, -0.2) is 0 Å². The van der Waals surface area contributed by atoms with Crippen LogP contribution in [-0.4, -0.2) is 38.0 Å². The molecule has 8 heteroatoms. The van der Waals surface area contributed by atoms with Crippen LogP contribution in [0.1, 0.15) is 23.1 Å². The lowest BCUT2D eigenvalue weighted by molar-refractivity contribution is -0.116. The molecule has 7 nitrogen and oxygen atoms in total. The molecule has 176 valence electrons. The molecule has 0 saturated carbocycles. The summed E-state index contributed by atoms with van der Waals surface area (Å²) in [5.41, 5.74) is 5.93. The first-order valence-electron chi connectivity index (χ1n) is 11.3. The van der Waals surface area contributed by atoms with Crippen molar-refractivity contribution in [3.05, 3.63) is 83.7 Å². The molecule has 0 atom stereocenters. The first-order valence-corrected chi connectivity index (χ1v) is 12.3. The minimum atomic E-state index is -0.0905. The Labute approximate surface area is 209 Å². The summed E-state index contributed by atoms with van der Waals surface area (Å²) in [4.78, 5) is 19.2. The van der Waals surface area contributed by atoms with Crippen LogP contribution in [0.3, 0.4) is 0 Å². The maximum Gasteiger partial charge on any atom is 0.237 e. The summed E-state index contributed by atoms with van der Waals surface area (Å²) in [7, 11) is 0. The number of nitrogens with zero attached hydrogens (tertiary/aromatic N) is 6. The molecular formula is C27H26N6OS. The molecule has 0 N–H and O–H groups in total. The van der Waals surface area contributed by atoms with Gasteiger partial charge in [0.25, 0.3) is 0 Å². The van der Waals surface area contributed by atoms with E-state index in [1.54, 1.807) is 17.3 Å². The largest absolute Gasteiger partial charge is 0.311 e. The molecule has 0 fully saturated rings. The summed E-state index contributed by atoms with van der Waals surface area (Å²) in [5, 5.41) is 18.6. The number of amides is 1. The number of rotatable bonds is 8. The highest BCUT2D eigenvalue weighted by molar-refractivity contribution is 7.99. The van der Waals surface area contributed by atoms with Crippen molar-refractivity contribution in [2.75, 3.05) is 17.2 Å². The summed E-state index contributed by atoms with van der Waals surface area (Å²) < 4.78 is 1.98. The molecule has 0 aliphatic carbocycles. The molecule has 0 unspecified atom stereocenters. The van der Waals surface area contributed by atoms with E-state index in [0.29, 0.717) is 17.5 Å². The minimum absolute atomic E-state index is 0.0905. The van der Waals surface area contributed by atoms with E-state index in [4.69, 9.17) is 5.26 Å². The van der Waals surface area contributed by atoms with E-state index < -0.39 is 0 Å². The molecule has 0 aliphatic rings. The van der Waals surface area contributed by atoms with Crippen molar-refractivity contribution < 1.29 is 4.79 Å². The second-order valence-corrected chi connectivity index (χ2v) is 9.19. The van der Waals surface area contributed by atoms with E-state index >= 15 is 0 Å². The molecule has 0 radical (unpaired) electrons. The van der Waals surface area contributed by atoms with Crippen LogP contribution in [0.2, 0.25) is 0 Å². The van der Waals surface area contributed by atoms with Gasteiger partial charge in [-0.1, -0.05) is 47.2 Å². The second-order valence-electron chi connectivity index (χ2n) is 8.25. The lowest BCUT2D eigenvalue weighted by Gasteiger charge is -2.22. The highest BCUT2D eigenvalue weighted by Crippen LogP contribution is 2.30. The molecule has 35 heavy (non-hydrogen) atoms. The van der Waals surface area contributed by atoms with Gasteiger partial charge in [-0.2, -0.15) is 5.26 Å². The first kappa shape index (κ1) is 24.2. The second kappa shape index (κ2) is 11.0. The van der Waals surface area contributed by atoms with Gasteiger partial charge in [0.1, 0.15) is 0 Å². The van der Waals surface area contributed by atoms with E-state index in [9.17, 15) is 4.79 Å². The topological polar surface area (TPSA) is 87.7 Å². The normalized spacial score (nSPS) is 10.7. The van der Waals surface area contributed by atoms with Gasteiger partial charge in [0.2, 0.25) is 5.91 Å². The summed E-state index contributed by atoms with van der Waals surface area (Å²) in [6.07, 6.45) is 3.73. The van der Waals surface area contributed by atoms with Crippen LogP contribution >= 0.6 is 11.8 Å². The molecule has 0 spiro atoms.